The molecule has 15 heavy (non-hydrogen) atoms. The Morgan fingerprint density at radius 1 is 1.60 bits per heavy atom. The summed E-state index contributed by atoms with van der Waals surface area (Å²) in [5, 5.41) is 6.91. The molecule has 0 aromatic heterocycles. The third-order valence-electron chi connectivity index (χ3n) is 3.11. The molecule has 1 saturated heterocycles. The first kappa shape index (κ1) is 12.8. The average molecular weight is 230 g/mol. The molecule has 0 aliphatic carbocycles. The number of rotatable bonds is 5. The van der Waals surface area contributed by atoms with Gasteiger partial charge in [-0.3, -0.25) is 4.79 Å². The van der Waals surface area contributed by atoms with E-state index in [2.05, 4.69) is 30.7 Å². The molecule has 1 aliphatic rings. The second kappa shape index (κ2) is 6.38. The van der Waals surface area contributed by atoms with Crippen LogP contribution in [-0.2, 0) is 4.79 Å². The Balaban J connectivity index is 2.18. The number of amides is 1. The third kappa shape index (κ3) is 4.03. The maximum Gasteiger partial charge on any atom is 0.224 e. The lowest BCUT2D eigenvalue weighted by Crippen LogP contribution is -2.35. The summed E-state index contributed by atoms with van der Waals surface area (Å²) in [6.07, 6.45) is 3.16. The highest BCUT2D eigenvalue weighted by Crippen LogP contribution is 2.15. The molecule has 0 aromatic rings. The Kier molecular flexibility index (Phi) is 5.47. The number of carbonyl (C=O) groups is 1. The molecule has 4 heteroatoms. The first-order valence-corrected chi connectivity index (χ1v) is 6.95. The van der Waals surface area contributed by atoms with Crippen LogP contribution in [0.1, 0.15) is 20.3 Å². The van der Waals surface area contributed by atoms with Gasteiger partial charge in [-0.2, -0.15) is 11.8 Å². The first-order chi connectivity index (χ1) is 7.15. The molecule has 2 N–H and O–H groups in total. The first-order valence-electron chi connectivity index (χ1n) is 5.66. The van der Waals surface area contributed by atoms with Crippen molar-refractivity contribution in [3.63, 3.8) is 0 Å². The van der Waals surface area contributed by atoms with Crippen LogP contribution >= 0.6 is 11.8 Å². The predicted molar refractivity (Wildman–Crippen MR) is 66.1 cm³/mol. The fourth-order valence-corrected chi connectivity index (χ4v) is 2.16. The zero-order chi connectivity index (χ0) is 11.3. The highest BCUT2D eigenvalue weighted by atomic mass is 32.2. The molecule has 0 saturated carbocycles. The Hall–Kier alpha value is -0.220. The second-order valence-corrected chi connectivity index (χ2v) is 5.64. The summed E-state index contributed by atoms with van der Waals surface area (Å²) >= 11 is 1.85. The van der Waals surface area contributed by atoms with E-state index in [4.69, 9.17) is 0 Å². The van der Waals surface area contributed by atoms with E-state index in [0.717, 1.165) is 26.1 Å². The van der Waals surface area contributed by atoms with Crippen LogP contribution in [0, 0.1) is 11.8 Å². The van der Waals surface area contributed by atoms with Crippen molar-refractivity contribution in [1.29, 1.82) is 0 Å². The zero-order valence-corrected chi connectivity index (χ0v) is 10.7. The van der Waals surface area contributed by atoms with Gasteiger partial charge >= 0.3 is 0 Å². The lowest BCUT2D eigenvalue weighted by Gasteiger charge is -2.15. The molecular formula is C11H22N2OS. The van der Waals surface area contributed by atoms with Gasteiger partial charge in [0.2, 0.25) is 5.91 Å². The van der Waals surface area contributed by atoms with Crippen molar-refractivity contribution < 1.29 is 4.79 Å². The molecule has 0 aromatic carbocycles. The Morgan fingerprint density at radius 3 is 2.87 bits per heavy atom. The monoisotopic (exact) mass is 230 g/mol. The second-order valence-electron chi connectivity index (χ2n) is 4.37. The highest BCUT2D eigenvalue weighted by Gasteiger charge is 2.28. The minimum atomic E-state index is 0.176. The van der Waals surface area contributed by atoms with Gasteiger partial charge in [0.15, 0.2) is 0 Å². The quantitative estimate of drug-likeness (QED) is 0.743. The zero-order valence-electron chi connectivity index (χ0n) is 9.88. The van der Waals surface area contributed by atoms with E-state index in [1.807, 2.05) is 11.8 Å². The summed E-state index contributed by atoms with van der Waals surface area (Å²) in [6.45, 7) is 6.94. The number of hydrogen-bond acceptors (Lipinski definition) is 3. The molecule has 0 bridgehead atoms. The fourth-order valence-electron chi connectivity index (χ4n) is 1.81. The van der Waals surface area contributed by atoms with Crippen LogP contribution in [0.25, 0.3) is 0 Å². The summed E-state index contributed by atoms with van der Waals surface area (Å²) < 4.78 is 0. The number of carbonyl (C=O) groups excluding carboxylic acids is 1. The van der Waals surface area contributed by atoms with Gasteiger partial charge in [-0.25, -0.2) is 0 Å². The molecule has 3 nitrogen and oxygen atoms in total. The van der Waals surface area contributed by atoms with Crippen LogP contribution in [0.2, 0.25) is 0 Å². The number of thioether (sulfide) groups is 1. The molecule has 88 valence electrons. The maximum atomic E-state index is 11.8. The third-order valence-corrected chi connectivity index (χ3v) is 4.15. The molecule has 1 rings (SSSR count). The van der Waals surface area contributed by atoms with Gasteiger partial charge in [-0.05, 0) is 25.1 Å². The standard InChI is InChI=1S/C11H22N2OS/c1-8-6-12-7-10(8)11(14)13-5-4-9(2)15-3/h8-10,12H,4-7H2,1-3H3,(H,13,14). The molecule has 3 atom stereocenters. The van der Waals surface area contributed by atoms with Crippen molar-refractivity contribution in [2.45, 2.75) is 25.5 Å². The molecule has 0 radical (unpaired) electrons. The lowest BCUT2D eigenvalue weighted by molar-refractivity contribution is -0.125. The van der Waals surface area contributed by atoms with Crippen LogP contribution in [0.4, 0.5) is 0 Å². The number of hydrogen-bond donors (Lipinski definition) is 2. The molecule has 1 amide bonds. The Morgan fingerprint density at radius 2 is 2.33 bits per heavy atom. The summed E-state index contributed by atoms with van der Waals surface area (Å²) in [5.41, 5.74) is 0. The van der Waals surface area contributed by atoms with E-state index in [-0.39, 0.29) is 11.8 Å². The molecule has 1 aliphatic heterocycles. The van der Waals surface area contributed by atoms with E-state index in [0.29, 0.717) is 11.2 Å². The lowest BCUT2D eigenvalue weighted by atomic mass is 9.97. The summed E-state index contributed by atoms with van der Waals surface area (Å²) in [7, 11) is 0. The van der Waals surface area contributed by atoms with E-state index < -0.39 is 0 Å². The molecular weight excluding hydrogens is 208 g/mol. The van der Waals surface area contributed by atoms with Crippen molar-refractivity contribution in [1.82, 2.24) is 10.6 Å². The van der Waals surface area contributed by atoms with Crippen LogP contribution in [-0.4, -0.2) is 37.0 Å². The van der Waals surface area contributed by atoms with E-state index >= 15 is 0 Å². The van der Waals surface area contributed by atoms with Gasteiger partial charge in [0.1, 0.15) is 0 Å². The van der Waals surface area contributed by atoms with Gasteiger partial charge in [0.05, 0.1) is 5.92 Å². The van der Waals surface area contributed by atoms with Gasteiger partial charge in [0.25, 0.3) is 0 Å². The SMILES string of the molecule is CSC(C)CCNC(=O)C1CNCC1C. The van der Waals surface area contributed by atoms with Crippen molar-refractivity contribution in [3.8, 4) is 0 Å². The van der Waals surface area contributed by atoms with E-state index in [1.165, 1.54) is 0 Å². The maximum absolute atomic E-state index is 11.8. The van der Waals surface area contributed by atoms with Crippen molar-refractivity contribution in [2.75, 3.05) is 25.9 Å². The van der Waals surface area contributed by atoms with Crippen LogP contribution in [0.5, 0.6) is 0 Å². The Bertz CT molecular complexity index is 211. The van der Waals surface area contributed by atoms with Gasteiger partial charge in [0, 0.05) is 18.3 Å². The predicted octanol–water partition coefficient (Wildman–Crippen LogP) is 1.10. The molecule has 1 heterocycles. The largest absolute Gasteiger partial charge is 0.356 e. The van der Waals surface area contributed by atoms with E-state index in [9.17, 15) is 4.79 Å². The minimum absolute atomic E-state index is 0.176. The molecule has 3 unspecified atom stereocenters. The minimum Gasteiger partial charge on any atom is -0.356 e. The van der Waals surface area contributed by atoms with Crippen molar-refractivity contribution in [3.05, 3.63) is 0 Å². The summed E-state index contributed by atoms with van der Waals surface area (Å²) in [5.74, 6) is 0.873. The smallest absolute Gasteiger partial charge is 0.224 e. The average Bonchev–Trinajstić information content (AvgIpc) is 2.64. The van der Waals surface area contributed by atoms with Crippen LogP contribution < -0.4 is 10.6 Å². The number of nitrogens with one attached hydrogen (secondary N) is 2. The molecule has 1 fully saturated rings. The summed E-state index contributed by atoms with van der Waals surface area (Å²) in [6, 6.07) is 0. The van der Waals surface area contributed by atoms with Crippen LogP contribution in [0.15, 0.2) is 0 Å². The van der Waals surface area contributed by atoms with Crippen LogP contribution in [0.3, 0.4) is 0 Å². The van der Waals surface area contributed by atoms with Gasteiger partial charge < -0.3 is 10.6 Å². The van der Waals surface area contributed by atoms with Crippen molar-refractivity contribution in [2.24, 2.45) is 11.8 Å². The van der Waals surface area contributed by atoms with Gasteiger partial charge in [-0.1, -0.05) is 13.8 Å². The highest BCUT2D eigenvalue weighted by molar-refractivity contribution is 7.99. The van der Waals surface area contributed by atoms with E-state index in [1.54, 1.807) is 0 Å². The molecule has 0 spiro atoms. The van der Waals surface area contributed by atoms with Gasteiger partial charge in [-0.15, -0.1) is 0 Å². The Labute approximate surface area is 96.8 Å². The normalized spacial score (nSPS) is 27.7. The topological polar surface area (TPSA) is 41.1 Å². The fraction of sp³-hybridized carbons (Fsp3) is 0.909. The summed E-state index contributed by atoms with van der Waals surface area (Å²) in [4.78, 5) is 11.8. The van der Waals surface area contributed by atoms with Crippen molar-refractivity contribution >= 4 is 17.7 Å².